The van der Waals surface area contributed by atoms with Crippen LogP contribution in [0.5, 0.6) is 0 Å². The SMILES string of the molecule is Cc1cc(=O)n(-c2cccc(Cl)c2)cc1Br. The zero-order valence-corrected chi connectivity index (χ0v) is 10.9. The molecule has 0 radical (unpaired) electrons. The van der Waals surface area contributed by atoms with Gasteiger partial charge in [0.15, 0.2) is 0 Å². The van der Waals surface area contributed by atoms with Crippen molar-refractivity contribution in [3.63, 3.8) is 0 Å². The van der Waals surface area contributed by atoms with E-state index in [1.807, 2.05) is 19.1 Å². The van der Waals surface area contributed by atoms with E-state index in [2.05, 4.69) is 15.9 Å². The predicted molar refractivity (Wildman–Crippen MR) is 69.5 cm³/mol. The van der Waals surface area contributed by atoms with Crippen molar-refractivity contribution < 1.29 is 0 Å². The molecule has 0 aliphatic heterocycles. The van der Waals surface area contributed by atoms with E-state index in [-0.39, 0.29) is 5.56 Å². The maximum atomic E-state index is 11.8. The molecule has 0 atom stereocenters. The summed E-state index contributed by atoms with van der Waals surface area (Å²) >= 11 is 9.29. The fourth-order valence-electron chi connectivity index (χ4n) is 1.43. The summed E-state index contributed by atoms with van der Waals surface area (Å²) in [6.45, 7) is 1.88. The van der Waals surface area contributed by atoms with Gasteiger partial charge < -0.3 is 0 Å². The predicted octanol–water partition coefficient (Wildman–Crippen LogP) is 3.56. The van der Waals surface area contributed by atoms with E-state index in [0.29, 0.717) is 5.02 Å². The topological polar surface area (TPSA) is 22.0 Å². The Bertz CT molecular complexity index is 592. The quantitative estimate of drug-likeness (QED) is 0.789. The molecule has 0 spiro atoms. The molecule has 82 valence electrons. The van der Waals surface area contributed by atoms with Gasteiger partial charge in [-0.1, -0.05) is 17.7 Å². The molecule has 0 bridgehead atoms. The Morgan fingerprint density at radius 3 is 2.75 bits per heavy atom. The molecule has 1 heterocycles. The molecule has 2 nitrogen and oxygen atoms in total. The van der Waals surface area contributed by atoms with Crippen LogP contribution in [0.3, 0.4) is 0 Å². The molecule has 16 heavy (non-hydrogen) atoms. The second-order valence-corrected chi connectivity index (χ2v) is 4.78. The number of nitrogens with zero attached hydrogens (tertiary/aromatic N) is 1. The number of benzene rings is 1. The van der Waals surface area contributed by atoms with E-state index < -0.39 is 0 Å². The normalized spacial score (nSPS) is 10.4. The van der Waals surface area contributed by atoms with Gasteiger partial charge in [-0.25, -0.2) is 0 Å². The monoisotopic (exact) mass is 297 g/mol. The van der Waals surface area contributed by atoms with Crippen molar-refractivity contribution in [2.45, 2.75) is 6.92 Å². The molecule has 0 aliphatic rings. The highest BCUT2D eigenvalue weighted by Crippen LogP contribution is 2.17. The zero-order valence-electron chi connectivity index (χ0n) is 8.58. The van der Waals surface area contributed by atoms with Crippen molar-refractivity contribution in [1.29, 1.82) is 0 Å². The first-order chi connectivity index (χ1) is 7.58. The van der Waals surface area contributed by atoms with E-state index >= 15 is 0 Å². The first kappa shape index (κ1) is 11.4. The van der Waals surface area contributed by atoms with Gasteiger partial charge >= 0.3 is 0 Å². The lowest BCUT2D eigenvalue weighted by Gasteiger charge is -2.07. The molecule has 4 heteroatoms. The number of pyridine rings is 1. The zero-order chi connectivity index (χ0) is 11.7. The van der Waals surface area contributed by atoms with Gasteiger partial charge in [0.1, 0.15) is 0 Å². The molecular formula is C12H9BrClNO. The Kier molecular flexibility index (Phi) is 3.17. The summed E-state index contributed by atoms with van der Waals surface area (Å²) in [6, 6.07) is 8.78. The second kappa shape index (κ2) is 4.44. The van der Waals surface area contributed by atoms with Crippen LogP contribution in [0.25, 0.3) is 5.69 Å². The molecule has 1 aromatic carbocycles. The minimum atomic E-state index is -0.0667. The van der Waals surface area contributed by atoms with E-state index in [0.717, 1.165) is 15.7 Å². The van der Waals surface area contributed by atoms with Crippen LogP contribution < -0.4 is 5.56 Å². The highest BCUT2D eigenvalue weighted by Gasteiger charge is 2.03. The van der Waals surface area contributed by atoms with Crippen molar-refractivity contribution in [2.24, 2.45) is 0 Å². The van der Waals surface area contributed by atoms with Gasteiger partial charge in [0, 0.05) is 21.8 Å². The van der Waals surface area contributed by atoms with Gasteiger partial charge in [0.2, 0.25) is 0 Å². The molecule has 2 aromatic rings. The lowest BCUT2D eigenvalue weighted by Crippen LogP contribution is -2.17. The van der Waals surface area contributed by atoms with Crippen LogP contribution >= 0.6 is 27.5 Å². The summed E-state index contributed by atoms with van der Waals surface area (Å²) in [4.78, 5) is 11.8. The lowest BCUT2D eigenvalue weighted by molar-refractivity contribution is 0.974. The standard InChI is InChI=1S/C12H9BrClNO/c1-8-5-12(16)15(7-11(8)13)10-4-2-3-9(14)6-10/h2-7H,1H3. The Labute approximate surface area is 107 Å². The molecule has 0 saturated carbocycles. The first-order valence-corrected chi connectivity index (χ1v) is 5.90. The Morgan fingerprint density at radius 2 is 2.06 bits per heavy atom. The molecule has 0 amide bonds. The van der Waals surface area contributed by atoms with Crippen molar-refractivity contribution in [3.05, 3.63) is 61.9 Å². The summed E-state index contributed by atoms with van der Waals surface area (Å²) in [5.41, 5.74) is 1.62. The minimum absolute atomic E-state index is 0.0667. The Balaban J connectivity index is 2.65. The molecule has 0 N–H and O–H groups in total. The number of rotatable bonds is 1. The molecule has 0 fully saturated rings. The summed E-state index contributed by atoms with van der Waals surface area (Å²) in [5.74, 6) is 0. The Morgan fingerprint density at radius 1 is 1.31 bits per heavy atom. The third-order valence-electron chi connectivity index (χ3n) is 2.28. The molecule has 0 unspecified atom stereocenters. The van der Waals surface area contributed by atoms with Crippen LogP contribution in [0.2, 0.25) is 5.02 Å². The number of hydrogen-bond donors (Lipinski definition) is 0. The molecular weight excluding hydrogens is 289 g/mol. The van der Waals surface area contributed by atoms with Crippen molar-refractivity contribution in [3.8, 4) is 5.69 Å². The first-order valence-electron chi connectivity index (χ1n) is 4.72. The summed E-state index contributed by atoms with van der Waals surface area (Å²) < 4.78 is 2.45. The van der Waals surface area contributed by atoms with Crippen molar-refractivity contribution in [1.82, 2.24) is 4.57 Å². The largest absolute Gasteiger partial charge is 0.283 e. The maximum absolute atomic E-state index is 11.8. The highest BCUT2D eigenvalue weighted by atomic mass is 79.9. The molecule has 0 aliphatic carbocycles. The highest BCUT2D eigenvalue weighted by molar-refractivity contribution is 9.10. The summed E-state index contributed by atoms with van der Waals surface area (Å²) in [5, 5.41) is 0.612. The van der Waals surface area contributed by atoms with Crippen molar-refractivity contribution >= 4 is 27.5 Å². The average Bonchev–Trinajstić information content (AvgIpc) is 2.23. The van der Waals surface area contributed by atoms with E-state index in [1.54, 1.807) is 29.0 Å². The van der Waals surface area contributed by atoms with Gasteiger partial charge in [-0.05, 0) is 46.6 Å². The fourth-order valence-corrected chi connectivity index (χ4v) is 1.93. The van der Waals surface area contributed by atoms with E-state index in [1.165, 1.54) is 0 Å². The van der Waals surface area contributed by atoms with Crippen LogP contribution in [0, 0.1) is 6.92 Å². The van der Waals surface area contributed by atoms with Crippen molar-refractivity contribution in [2.75, 3.05) is 0 Å². The van der Waals surface area contributed by atoms with Crippen LogP contribution in [0.15, 0.2) is 45.8 Å². The third kappa shape index (κ3) is 2.20. The number of aryl methyl sites for hydroxylation is 1. The van der Waals surface area contributed by atoms with Gasteiger partial charge in [0.25, 0.3) is 5.56 Å². The fraction of sp³-hybridized carbons (Fsp3) is 0.0833. The average molecular weight is 299 g/mol. The molecule has 1 aromatic heterocycles. The van der Waals surface area contributed by atoms with Crippen LogP contribution in [-0.4, -0.2) is 4.57 Å². The Hall–Kier alpha value is -1.06. The van der Waals surface area contributed by atoms with Crippen LogP contribution in [0.4, 0.5) is 0 Å². The molecule has 0 saturated heterocycles. The van der Waals surface area contributed by atoms with Gasteiger partial charge in [-0.3, -0.25) is 9.36 Å². The smallest absolute Gasteiger partial charge is 0.255 e. The van der Waals surface area contributed by atoms with Gasteiger partial charge in [-0.2, -0.15) is 0 Å². The van der Waals surface area contributed by atoms with Crippen LogP contribution in [-0.2, 0) is 0 Å². The second-order valence-electron chi connectivity index (χ2n) is 3.49. The summed E-state index contributed by atoms with van der Waals surface area (Å²) in [7, 11) is 0. The minimum Gasteiger partial charge on any atom is -0.283 e. The number of halogens is 2. The lowest BCUT2D eigenvalue weighted by atomic mass is 10.2. The van der Waals surface area contributed by atoms with Crippen LogP contribution in [0.1, 0.15) is 5.56 Å². The maximum Gasteiger partial charge on any atom is 0.255 e. The third-order valence-corrected chi connectivity index (χ3v) is 3.35. The van der Waals surface area contributed by atoms with E-state index in [4.69, 9.17) is 11.6 Å². The molecule has 2 rings (SSSR count). The van der Waals surface area contributed by atoms with Gasteiger partial charge in [0.05, 0.1) is 5.69 Å². The van der Waals surface area contributed by atoms with Gasteiger partial charge in [-0.15, -0.1) is 0 Å². The summed E-state index contributed by atoms with van der Waals surface area (Å²) in [6.07, 6.45) is 1.75. The van der Waals surface area contributed by atoms with E-state index in [9.17, 15) is 4.79 Å². The number of aromatic nitrogens is 1. The number of hydrogen-bond acceptors (Lipinski definition) is 1.